The molecule has 0 heterocycles. The maximum atomic E-state index is 11.9. The van der Waals surface area contributed by atoms with Crippen molar-refractivity contribution in [3.63, 3.8) is 0 Å². The largest absolute Gasteiger partial charge is 0.496 e. The molecule has 3 heteroatoms. The molecule has 1 aromatic rings. The van der Waals surface area contributed by atoms with Gasteiger partial charge in [-0.25, -0.2) is 0 Å². The number of amides is 1. The number of rotatable bonds is 2. The number of aryl methyl sites for hydroxylation is 1. The lowest BCUT2D eigenvalue weighted by atomic mass is 9.87. The topological polar surface area (TPSA) is 38.3 Å². The second-order valence-corrected chi connectivity index (χ2v) is 4.07. The van der Waals surface area contributed by atoms with Gasteiger partial charge in [-0.3, -0.25) is 4.79 Å². The first-order chi connectivity index (χ1) is 7.77. The van der Waals surface area contributed by atoms with Crippen molar-refractivity contribution in [2.75, 3.05) is 14.2 Å². The van der Waals surface area contributed by atoms with E-state index in [4.69, 9.17) is 4.74 Å². The second kappa shape index (κ2) is 4.56. The van der Waals surface area contributed by atoms with Gasteiger partial charge in [-0.2, -0.15) is 0 Å². The number of methoxy groups -OCH3 is 1. The summed E-state index contributed by atoms with van der Waals surface area (Å²) in [5.41, 5.74) is 3.19. The molecule has 1 amide bonds. The molecule has 0 saturated heterocycles. The van der Waals surface area contributed by atoms with Gasteiger partial charge in [-0.15, -0.1) is 0 Å². The van der Waals surface area contributed by atoms with Crippen LogP contribution in [0.5, 0.6) is 5.75 Å². The molecule has 0 bridgehead atoms. The van der Waals surface area contributed by atoms with Gasteiger partial charge in [-0.1, -0.05) is 6.07 Å². The third-order valence-electron chi connectivity index (χ3n) is 3.17. The third-order valence-corrected chi connectivity index (χ3v) is 3.17. The number of ether oxygens (including phenoxy) is 1. The molecule has 1 aliphatic carbocycles. The molecular weight excluding hydrogens is 202 g/mol. The fourth-order valence-electron chi connectivity index (χ4n) is 2.35. The molecule has 0 unspecified atom stereocenters. The van der Waals surface area contributed by atoms with E-state index in [9.17, 15) is 4.79 Å². The van der Waals surface area contributed by atoms with E-state index in [1.807, 2.05) is 6.07 Å². The van der Waals surface area contributed by atoms with Crippen LogP contribution < -0.4 is 10.1 Å². The van der Waals surface area contributed by atoms with Gasteiger partial charge in [0.1, 0.15) is 5.75 Å². The van der Waals surface area contributed by atoms with Gasteiger partial charge in [0.2, 0.25) is 0 Å². The minimum atomic E-state index is -0.0457. The molecule has 16 heavy (non-hydrogen) atoms. The van der Waals surface area contributed by atoms with E-state index in [2.05, 4.69) is 11.4 Å². The molecule has 1 aliphatic rings. The summed E-state index contributed by atoms with van der Waals surface area (Å²) in [7, 11) is 3.26. The Hall–Kier alpha value is -1.51. The number of benzene rings is 1. The van der Waals surface area contributed by atoms with Crippen LogP contribution >= 0.6 is 0 Å². The lowest BCUT2D eigenvalue weighted by molar-refractivity contribution is 0.0958. The number of fused-ring (bicyclic) bond motifs is 1. The fraction of sp³-hybridized carbons (Fsp3) is 0.462. The molecule has 2 rings (SSSR count). The standard InChI is InChI=1S/C13H17NO2/c1-14-13(15)12-10-6-4-3-5-9(10)7-8-11(12)16-2/h7-8H,3-6H2,1-2H3,(H,14,15). The number of hydrogen-bond acceptors (Lipinski definition) is 2. The molecule has 1 N–H and O–H groups in total. The third kappa shape index (κ3) is 1.77. The molecule has 0 fully saturated rings. The van der Waals surface area contributed by atoms with Crippen LogP contribution in [0.2, 0.25) is 0 Å². The monoisotopic (exact) mass is 219 g/mol. The molecule has 86 valence electrons. The Morgan fingerprint density at radius 2 is 2.06 bits per heavy atom. The van der Waals surface area contributed by atoms with Gasteiger partial charge in [0.05, 0.1) is 12.7 Å². The molecule has 1 aromatic carbocycles. The van der Waals surface area contributed by atoms with E-state index < -0.39 is 0 Å². The maximum Gasteiger partial charge on any atom is 0.255 e. The zero-order chi connectivity index (χ0) is 11.5. The highest BCUT2D eigenvalue weighted by Crippen LogP contribution is 2.30. The summed E-state index contributed by atoms with van der Waals surface area (Å²) < 4.78 is 5.27. The fourth-order valence-corrected chi connectivity index (χ4v) is 2.35. The van der Waals surface area contributed by atoms with E-state index in [-0.39, 0.29) is 5.91 Å². The SMILES string of the molecule is CNC(=O)c1c(OC)ccc2c1CCCC2. The Morgan fingerprint density at radius 1 is 1.31 bits per heavy atom. The van der Waals surface area contributed by atoms with Crippen molar-refractivity contribution in [3.05, 3.63) is 28.8 Å². The summed E-state index contributed by atoms with van der Waals surface area (Å²) in [5, 5.41) is 2.69. The van der Waals surface area contributed by atoms with Crippen LogP contribution in [-0.4, -0.2) is 20.1 Å². The van der Waals surface area contributed by atoms with Crippen molar-refractivity contribution in [2.45, 2.75) is 25.7 Å². The molecule has 0 radical (unpaired) electrons. The average Bonchev–Trinajstić information content (AvgIpc) is 2.36. The molecule has 0 spiro atoms. The zero-order valence-corrected chi connectivity index (χ0v) is 9.80. The predicted molar refractivity (Wildman–Crippen MR) is 63.0 cm³/mol. The van der Waals surface area contributed by atoms with Crippen molar-refractivity contribution in [3.8, 4) is 5.75 Å². The summed E-state index contributed by atoms with van der Waals surface area (Å²) in [6.45, 7) is 0. The maximum absolute atomic E-state index is 11.9. The van der Waals surface area contributed by atoms with Crippen LogP contribution in [-0.2, 0) is 12.8 Å². The lowest BCUT2D eigenvalue weighted by Crippen LogP contribution is -2.22. The van der Waals surface area contributed by atoms with Crippen LogP contribution in [0.25, 0.3) is 0 Å². The normalized spacial score (nSPS) is 14.1. The van der Waals surface area contributed by atoms with Gasteiger partial charge < -0.3 is 10.1 Å². The van der Waals surface area contributed by atoms with Gasteiger partial charge in [0.15, 0.2) is 0 Å². The smallest absolute Gasteiger partial charge is 0.255 e. The van der Waals surface area contributed by atoms with Crippen LogP contribution in [0, 0.1) is 0 Å². The average molecular weight is 219 g/mol. The highest BCUT2D eigenvalue weighted by atomic mass is 16.5. The summed E-state index contributed by atoms with van der Waals surface area (Å²) >= 11 is 0. The number of hydrogen-bond donors (Lipinski definition) is 1. The molecular formula is C13H17NO2. The van der Waals surface area contributed by atoms with Crippen molar-refractivity contribution in [1.29, 1.82) is 0 Å². The molecule has 0 aliphatic heterocycles. The Labute approximate surface area is 95.8 Å². The Morgan fingerprint density at radius 3 is 2.75 bits per heavy atom. The van der Waals surface area contributed by atoms with Crippen molar-refractivity contribution in [1.82, 2.24) is 5.32 Å². The summed E-state index contributed by atoms with van der Waals surface area (Å²) in [6, 6.07) is 3.98. The molecule has 0 atom stereocenters. The Balaban J connectivity index is 2.56. The van der Waals surface area contributed by atoms with Gasteiger partial charge in [0.25, 0.3) is 5.91 Å². The summed E-state index contributed by atoms with van der Waals surface area (Å²) in [6.07, 6.45) is 4.43. The first kappa shape index (κ1) is 11.0. The quantitative estimate of drug-likeness (QED) is 0.825. The van der Waals surface area contributed by atoms with Crippen molar-refractivity contribution < 1.29 is 9.53 Å². The van der Waals surface area contributed by atoms with E-state index >= 15 is 0 Å². The summed E-state index contributed by atoms with van der Waals surface area (Å²) in [4.78, 5) is 11.9. The Bertz CT molecular complexity index is 413. The van der Waals surface area contributed by atoms with Crippen LogP contribution in [0.1, 0.15) is 34.3 Å². The highest BCUT2D eigenvalue weighted by molar-refractivity contribution is 5.98. The van der Waals surface area contributed by atoms with Gasteiger partial charge >= 0.3 is 0 Å². The number of carbonyl (C=O) groups excluding carboxylic acids is 1. The first-order valence-electron chi connectivity index (χ1n) is 5.68. The summed E-state index contributed by atoms with van der Waals surface area (Å²) in [5.74, 6) is 0.635. The second-order valence-electron chi connectivity index (χ2n) is 4.07. The highest BCUT2D eigenvalue weighted by Gasteiger charge is 2.21. The van der Waals surface area contributed by atoms with E-state index in [1.165, 1.54) is 17.5 Å². The first-order valence-corrected chi connectivity index (χ1v) is 5.68. The van der Waals surface area contributed by atoms with E-state index in [0.717, 1.165) is 24.8 Å². The Kier molecular flexibility index (Phi) is 3.13. The lowest BCUT2D eigenvalue weighted by Gasteiger charge is -2.20. The number of carbonyl (C=O) groups is 1. The van der Waals surface area contributed by atoms with Crippen molar-refractivity contribution >= 4 is 5.91 Å². The molecule has 3 nitrogen and oxygen atoms in total. The zero-order valence-electron chi connectivity index (χ0n) is 9.80. The minimum absolute atomic E-state index is 0.0457. The van der Waals surface area contributed by atoms with Crippen molar-refractivity contribution in [2.24, 2.45) is 0 Å². The number of nitrogens with one attached hydrogen (secondary N) is 1. The van der Waals surface area contributed by atoms with Gasteiger partial charge in [0, 0.05) is 7.05 Å². The molecule has 0 aromatic heterocycles. The van der Waals surface area contributed by atoms with Crippen LogP contribution in [0.3, 0.4) is 0 Å². The minimum Gasteiger partial charge on any atom is -0.496 e. The molecule has 0 saturated carbocycles. The van der Waals surface area contributed by atoms with Crippen LogP contribution in [0.4, 0.5) is 0 Å². The van der Waals surface area contributed by atoms with E-state index in [0.29, 0.717) is 5.75 Å². The van der Waals surface area contributed by atoms with Crippen LogP contribution in [0.15, 0.2) is 12.1 Å². The van der Waals surface area contributed by atoms with Gasteiger partial charge in [-0.05, 0) is 42.9 Å². The predicted octanol–water partition coefficient (Wildman–Crippen LogP) is 1.93. The van der Waals surface area contributed by atoms with E-state index in [1.54, 1.807) is 14.2 Å².